The molecule has 1 aliphatic rings. The van der Waals surface area contributed by atoms with Crippen molar-refractivity contribution in [2.45, 2.75) is 18.9 Å². The molecule has 124 valence electrons. The third kappa shape index (κ3) is 5.61. The maximum Gasteiger partial charge on any atom is 0.223 e. The van der Waals surface area contributed by atoms with E-state index in [1.54, 1.807) is 11.9 Å². The monoisotopic (exact) mass is 379 g/mol. The van der Waals surface area contributed by atoms with Gasteiger partial charge >= 0.3 is 0 Å². The number of rotatable bonds is 6. The van der Waals surface area contributed by atoms with Crippen molar-refractivity contribution in [3.8, 4) is 6.07 Å². The number of carbonyl (C=O) groups excluding carboxylic acids is 1. The summed E-state index contributed by atoms with van der Waals surface area (Å²) in [6.45, 7) is 3.56. The lowest BCUT2D eigenvalue weighted by molar-refractivity contribution is -0.130. The van der Waals surface area contributed by atoms with Crippen molar-refractivity contribution >= 4 is 21.8 Å². The van der Waals surface area contributed by atoms with Gasteiger partial charge in [-0.1, -0.05) is 28.1 Å². The van der Waals surface area contributed by atoms with Crippen LogP contribution in [0.1, 0.15) is 24.5 Å². The number of amides is 1. The Morgan fingerprint density at radius 2 is 2.22 bits per heavy atom. The van der Waals surface area contributed by atoms with Crippen LogP contribution in [-0.2, 0) is 9.53 Å². The summed E-state index contributed by atoms with van der Waals surface area (Å²) in [5, 5.41) is 8.57. The minimum Gasteiger partial charge on any atom is -0.371 e. The minimum absolute atomic E-state index is 0.0586. The molecule has 1 unspecified atom stereocenters. The fourth-order valence-corrected chi connectivity index (χ4v) is 2.84. The Labute approximate surface area is 145 Å². The van der Waals surface area contributed by atoms with Gasteiger partial charge in [0.05, 0.1) is 25.2 Å². The SMILES string of the molecule is CN(CCC#N)C(=O)CCN1CCOC(c2ccc(Br)cc2)C1. The van der Waals surface area contributed by atoms with Gasteiger partial charge in [-0.3, -0.25) is 9.69 Å². The minimum atomic E-state index is 0.0586. The first kappa shape index (κ1) is 17.9. The third-order valence-corrected chi connectivity index (χ3v) is 4.55. The van der Waals surface area contributed by atoms with E-state index in [2.05, 4.69) is 39.0 Å². The molecule has 1 heterocycles. The Balaban J connectivity index is 1.81. The van der Waals surface area contributed by atoms with Crippen LogP contribution in [0.25, 0.3) is 0 Å². The zero-order valence-corrected chi connectivity index (χ0v) is 15.0. The van der Waals surface area contributed by atoms with Crippen LogP contribution >= 0.6 is 15.9 Å². The predicted molar refractivity (Wildman–Crippen MR) is 91.8 cm³/mol. The number of halogens is 1. The lowest BCUT2D eigenvalue weighted by Gasteiger charge is -2.33. The van der Waals surface area contributed by atoms with Crippen LogP contribution < -0.4 is 0 Å². The summed E-state index contributed by atoms with van der Waals surface area (Å²) < 4.78 is 6.91. The second-order valence-corrected chi connectivity index (χ2v) is 6.60. The summed E-state index contributed by atoms with van der Waals surface area (Å²) >= 11 is 3.44. The summed E-state index contributed by atoms with van der Waals surface area (Å²) in [6, 6.07) is 10.2. The fourth-order valence-electron chi connectivity index (χ4n) is 2.57. The Morgan fingerprint density at radius 1 is 1.48 bits per heavy atom. The highest BCUT2D eigenvalue weighted by molar-refractivity contribution is 9.10. The molecule has 0 aliphatic carbocycles. The highest BCUT2D eigenvalue weighted by Crippen LogP contribution is 2.23. The Bertz CT molecular complexity index is 556. The van der Waals surface area contributed by atoms with Crippen LogP contribution in [0.15, 0.2) is 28.7 Å². The third-order valence-electron chi connectivity index (χ3n) is 4.02. The normalized spacial score (nSPS) is 18.4. The number of ether oxygens (including phenoxy) is 1. The lowest BCUT2D eigenvalue weighted by atomic mass is 10.1. The topological polar surface area (TPSA) is 56.6 Å². The number of carbonyl (C=O) groups is 1. The van der Waals surface area contributed by atoms with Gasteiger partial charge in [-0.15, -0.1) is 0 Å². The van der Waals surface area contributed by atoms with Crippen molar-refractivity contribution < 1.29 is 9.53 Å². The van der Waals surface area contributed by atoms with Crippen LogP contribution in [0.2, 0.25) is 0 Å². The molecule has 0 saturated carbocycles. The fraction of sp³-hybridized carbons (Fsp3) is 0.529. The molecule has 1 aromatic rings. The number of nitriles is 1. The Hall–Kier alpha value is -1.42. The zero-order chi connectivity index (χ0) is 16.7. The molecule has 1 atom stereocenters. The van der Waals surface area contributed by atoms with Gasteiger partial charge < -0.3 is 9.64 Å². The van der Waals surface area contributed by atoms with Gasteiger partial charge in [0.2, 0.25) is 5.91 Å². The van der Waals surface area contributed by atoms with Crippen LogP contribution in [0, 0.1) is 11.3 Å². The molecule has 0 radical (unpaired) electrons. The standard InChI is InChI=1S/C17H22BrN3O2/c1-20(9-2-8-19)17(22)7-10-21-11-12-23-16(13-21)14-3-5-15(18)6-4-14/h3-6,16H,2,7,9-13H2,1H3. The van der Waals surface area contributed by atoms with E-state index < -0.39 is 0 Å². The maximum absolute atomic E-state index is 12.0. The first-order valence-electron chi connectivity index (χ1n) is 7.80. The van der Waals surface area contributed by atoms with E-state index in [1.165, 1.54) is 0 Å². The molecule has 1 aromatic carbocycles. The number of hydrogen-bond acceptors (Lipinski definition) is 4. The second-order valence-electron chi connectivity index (χ2n) is 5.68. The molecule has 2 rings (SSSR count). The molecule has 1 aliphatic heterocycles. The van der Waals surface area contributed by atoms with E-state index in [1.807, 2.05) is 12.1 Å². The number of nitrogens with zero attached hydrogens (tertiary/aromatic N) is 3. The van der Waals surface area contributed by atoms with E-state index in [9.17, 15) is 4.79 Å². The molecule has 1 amide bonds. The van der Waals surface area contributed by atoms with Gasteiger partial charge in [-0.05, 0) is 17.7 Å². The van der Waals surface area contributed by atoms with Gasteiger partial charge in [0.15, 0.2) is 0 Å². The number of morpholine rings is 1. The molecule has 1 saturated heterocycles. The van der Waals surface area contributed by atoms with Crippen molar-refractivity contribution in [3.05, 3.63) is 34.3 Å². The summed E-state index contributed by atoms with van der Waals surface area (Å²) in [5.41, 5.74) is 1.16. The summed E-state index contributed by atoms with van der Waals surface area (Å²) in [4.78, 5) is 15.9. The van der Waals surface area contributed by atoms with E-state index in [-0.39, 0.29) is 12.0 Å². The van der Waals surface area contributed by atoms with Crippen molar-refractivity contribution in [3.63, 3.8) is 0 Å². The van der Waals surface area contributed by atoms with Gasteiger partial charge in [0.1, 0.15) is 0 Å². The van der Waals surface area contributed by atoms with Gasteiger partial charge in [-0.25, -0.2) is 0 Å². The summed E-state index contributed by atoms with van der Waals surface area (Å²) in [7, 11) is 1.75. The van der Waals surface area contributed by atoms with Gasteiger partial charge in [0.25, 0.3) is 0 Å². The average Bonchev–Trinajstić information content (AvgIpc) is 2.58. The first-order chi connectivity index (χ1) is 11.1. The van der Waals surface area contributed by atoms with Gasteiger partial charge in [-0.2, -0.15) is 5.26 Å². The maximum atomic E-state index is 12.0. The van der Waals surface area contributed by atoms with E-state index >= 15 is 0 Å². The van der Waals surface area contributed by atoms with Crippen LogP contribution in [0.4, 0.5) is 0 Å². The smallest absolute Gasteiger partial charge is 0.223 e. The Morgan fingerprint density at radius 3 is 2.91 bits per heavy atom. The van der Waals surface area contributed by atoms with Crippen molar-refractivity contribution in [2.75, 3.05) is 39.8 Å². The molecule has 0 spiro atoms. The van der Waals surface area contributed by atoms with Crippen LogP contribution in [0.5, 0.6) is 0 Å². The highest BCUT2D eigenvalue weighted by atomic mass is 79.9. The average molecular weight is 380 g/mol. The van der Waals surface area contributed by atoms with E-state index in [4.69, 9.17) is 10.00 Å². The second kappa shape index (κ2) is 9.02. The van der Waals surface area contributed by atoms with E-state index in [0.717, 1.165) is 29.7 Å². The molecule has 0 bridgehead atoms. The molecular formula is C17H22BrN3O2. The van der Waals surface area contributed by atoms with Crippen LogP contribution in [-0.4, -0.2) is 55.5 Å². The van der Waals surface area contributed by atoms with Crippen molar-refractivity contribution in [1.82, 2.24) is 9.80 Å². The quantitative estimate of drug-likeness (QED) is 0.761. The molecule has 5 nitrogen and oxygen atoms in total. The zero-order valence-electron chi connectivity index (χ0n) is 13.4. The number of benzene rings is 1. The first-order valence-corrected chi connectivity index (χ1v) is 8.60. The predicted octanol–water partition coefficient (Wildman–Crippen LogP) is 2.58. The Kier molecular flexibility index (Phi) is 7.03. The summed E-state index contributed by atoms with van der Waals surface area (Å²) in [6.07, 6.45) is 0.920. The van der Waals surface area contributed by atoms with Crippen molar-refractivity contribution in [1.29, 1.82) is 5.26 Å². The molecule has 1 fully saturated rings. The molecule has 0 N–H and O–H groups in total. The highest BCUT2D eigenvalue weighted by Gasteiger charge is 2.22. The number of hydrogen-bond donors (Lipinski definition) is 0. The molecule has 6 heteroatoms. The van der Waals surface area contributed by atoms with E-state index in [0.29, 0.717) is 26.0 Å². The molecular weight excluding hydrogens is 358 g/mol. The molecule has 23 heavy (non-hydrogen) atoms. The lowest BCUT2D eigenvalue weighted by Crippen LogP contribution is -2.40. The van der Waals surface area contributed by atoms with Crippen LogP contribution in [0.3, 0.4) is 0 Å². The summed E-state index contributed by atoms with van der Waals surface area (Å²) in [5.74, 6) is 0.0898. The largest absolute Gasteiger partial charge is 0.371 e. The van der Waals surface area contributed by atoms with Crippen molar-refractivity contribution in [2.24, 2.45) is 0 Å². The molecule has 0 aromatic heterocycles. The van der Waals surface area contributed by atoms with Gasteiger partial charge in [0, 0.05) is 44.1 Å².